The summed E-state index contributed by atoms with van der Waals surface area (Å²) in [6, 6.07) is 4.94. The number of imidazole rings is 1. The summed E-state index contributed by atoms with van der Waals surface area (Å²) in [6.07, 6.45) is 5.89. The number of ether oxygens (including phenoxy) is 1. The highest BCUT2D eigenvalue weighted by Gasteiger charge is 2.26. The first-order valence-electron chi connectivity index (χ1n) is 9.41. The van der Waals surface area contributed by atoms with E-state index >= 15 is 0 Å². The molecule has 29 heavy (non-hydrogen) atoms. The van der Waals surface area contributed by atoms with Crippen LogP contribution in [0, 0.1) is 6.92 Å². The van der Waals surface area contributed by atoms with Crippen molar-refractivity contribution >= 4 is 27.5 Å². The van der Waals surface area contributed by atoms with E-state index < -0.39 is 10.0 Å². The maximum Gasteiger partial charge on any atom is 0.251 e. The van der Waals surface area contributed by atoms with Crippen LogP contribution in [-0.4, -0.2) is 60.2 Å². The van der Waals surface area contributed by atoms with Crippen LogP contribution in [0.15, 0.2) is 30.6 Å². The Balaban J connectivity index is 1.52. The van der Waals surface area contributed by atoms with E-state index in [1.807, 2.05) is 17.7 Å². The molecule has 158 valence electrons. The molecule has 0 saturated carbocycles. The highest BCUT2D eigenvalue weighted by molar-refractivity contribution is 7.88. The standard InChI is InChI=1S/C19H25ClN4O4S/c1-14-21-7-11-23(14)12-8-22-19(25)15-3-4-18(17(20)13-15)28-16-5-9-24(10-6-16)29(2,26)27/h3-4,7,11,13,16H,5-6,8-10,12H2,1-2H3,(H,22,25). The topological polar surface area (TPSA) is 93.5 Å². The number of halogens is 1. The van der Waals surface area contributed by atoms with Gasteiger partial charge in [-0.05, 0) is 38.0 Å². The molecule has 2 heterocycles. The molecule has 1 N–H and O–H groups in total. The predicted octanol–water partition coefficient (Wildman–Crippen LogP) is 2.08. The summed E-state index contributed by atoms with van der Waals surface area (Å²) in [5, 5.41) is 3.22. The van der Waals surface area contributed by atoms with Crippen LogP contribution in [0.4, 0.5) is 0 Å². The van der Waals surface area contributed by atoms with E-state index in [0.717, 1.165) is 5.82 Å². The first kappa shape index (κ1) is 21.6. The van der Waals surface area contributed by atoms with Crippen molar-refractivity contribution in [3.8, 4) is 5.75 Å². The van der Waals surface area contributed by atoms with Crippen molar-refractivity contribution in [2.75, 3.05) is 25.9 Å². The smallest absolute Gasteiger partial charge is 0.251 e. The number of carbonyl (C=O) groups excluding carboxylic acids is 1. The van der Waals surface area contributed by atoms with Crippen molar-refractivity contribution in [1.29, 1.82) is 0 Å². The van der Waals surface area contributed by atoms with Gasteiger partial charge in [0.2, 0.25) is 10.0 Å². The Morgan fingerprint density at radius 2 is 2.07 bits per heavy atom. The van der Waals surface area contributed by atoms with Crippen LogP contribution in [0.2, 0.25) is 5.02 Å². The van der Waals surface area contributed by atoms with E-state index in [0.29, 0.717) is 55.4 Å². The quantitative estimate of drug-likeness (QED) is 0.711. The summed E-state index contributed by atoms with van der Waals surface area (Å²) in [5.41, 5.74) is 0.455. The molecular weight excluding hydrogens is 416 g/mol. The van der Waals surface area contributed by atoms with Gasteiger partial charge in [0.1, 0.15) is 17.7 Å². The number of aryl methyl sites for hydroxylation is 1. The Kier molecular flexibility index (Phi) is 6.81. The van der Waals surface area contributed by atoms with Crippen molar-refractivity contribution in [3.63, 3.8) is 0 Å². The summed E-state index contributed by atoms with van der Waals surface area (Å²) in [5.74, 6) is 1.18. The van der Waals surface area contributed by atoms with Gasteiger partial charge in [-0.25, -0.2) is 17.7 Å². The largest absolute Gasteiger partial charge is 0.489 e. The van der Waals surface area contributed by atoms with Gasteiger partial charge in [-0.1, -0.05) is 11.6 Å². The van der Waals surface area contributed by atoms with E-state index in [1.54, 1.807) is 24.4 Å². The van der Waals surface area contributed by atoms with E-state index in [2.05, 4.69) is 10.3 Å². The number of sulfonamides is 1. The molecule has 10 heteroatoms. The number of hydrogen-bond donors (Lipinski definition) is 1. The normalized spacial score (nSPS) is 16.0. The number of aromatic nitrogens is 2. The van der Waals surface area contributed by atoms with Crippen LogP contribution in [0.3, 0.4) is 0 Å². The molecule has 1 aromatic heterocycles. The van der Waals surface area contributed by atoms with Gasteiger partial charge in [-0.3, -0.25) is 4.79 Å². The Morgan fingerprint density at radius 1 is 1.34 bits per heavy atom. The molecule has 1 aromatic carbocycles. The summed E-state index contributed by atoms with van der Waals surface area (Å²) in [4.78, 5) is 16.5. The first-order valence-corrected chi connectivity index (χ1v) is 11.6. The minimum absolute atomic E-state index is 0.108. The number of carbonyl (C=O) groups is 1. The van der Waals surface area contributed by atoms with Gasteiger partial charge in [-0.15, -0.1) is 0 Å². The van der Waals surface area contributed by atoms with Crippen LogP contribution in [0.5, 0.6) is 5.75 Å². The molecule has 3 rings (SSSR count). The summed E-state index contributed by atoms with van der Waals surface area (Å²) in [6.45, 7) is 3.88. The van der Waals surface area contributed by atoms with Crippen LogP contribution < -0.4 is 10.1 Å². The molecule has 0 atom stereocenters. The maximum absolute atomic E-state index is 12.3. The number of rotatable bonds is 7. The third-order valence-corrected chi connectivity index (χ3v) is 6.52. The van der Waals surface area contributed by atoms with E-state index in [-0.39, 0.29) is 12.0 Å². The third-order valence-electron chi connectivity index (χ3n) is 4.92. The monoisotopic (exact) mass is 440 g/mol. The van der Waals surface area contributed by atoms with E-state index in [4.69, 9.17) is 16.3 Å². The van der Waals surface area contributed by atoms with Crippen LogP contribution in [0.25, 0.3) is 0 Å². The zero-order valence-corrected chi connectivity index (χ0v) is 18.0. The zero-order chi connectivity index (χ0) is 21.0. The van der Waals surface area contributed by atoms with Crippen molar-refractivity contribution in [1.82, 2.24) is 19.2 Å². The Bertz CT molecular complexity index is 968. The molecule has 0 unspecified atom stereocenters. The number of nitrogens with one attached hydrogen (secondary N) is 1. The van der Waals surface area contributed by atoms with Crippen LogP contribution in [0.1, 0.15) is 29.0 Å². The zero-order valence-electron chi connectivity index (χ0n) is 16.5. The van der Waals surface area contributed by atoms with Gasteiger partial charge in [0.05, 0.1) is 11.3 Å². The van der Waals surface area contributed by atoms with E-state index in [1.165, 1.54) is 10.6 Å². The molecule has 1 aliphatic rings. The molecular formula is C19H25ClN4O4S. The third kappa shape index (κ3) is 5.71. The predicted molar refractivity (Wildman–Crippen MR) is 111 cm³/mol. The highest BCUT2D eigenvalue weighted by atomic mass is 35.5. The molecule has 8 nitrogen and oxygen atoms in total. The fourth-order valence-electron chi connectivity index (χ4n) is 3.23. The molecule has 0 radical (unpaired) electrons. The molecule has 1 amide bonds. The molecule has 0 aliphatic carbocycles. The maximum atomic E-state index is 12.3. The molecule has 2 aromatic rings. The second kappa shape index (κ2) is 9.15. The van der Waals surface area contributed by atoms with Crippen molar-refractivity contribution in [2.24, 2.45) is 0 Å². The van der Waals surface area contributed by atoms with Gasteiger partial charge in [-0.2, -0.15) is 0 Å². The molecule has 1 aliphatic heterocycles. The number of piperidine rings is 1. The molecule has 1 fully saturated rings. The van der Waals surface area contributed by atoms with Gasteiger partial charge in [0.15, 0.2) is 0 Å². The average molecular weight is 441 g/mol. The van der Waals surface area contributed by atoms with Gasteiger partial charge < -0.3 is 14.6 Å². The lowest BCUT2D eigenvalue weighted by atomic mass is 10.1. The Morgan fingerprint density at radius 3 is 2.66 bits per heavy atom. The number of benzene rings is 1. The van der Waals surface area contributed by atoms with Gasteiger partial charge in [0, 0.05) is 44.1 Å². The van der Waals surface area contributed by atoms with Crippen molar-refractivity contribution in [2.45, 2.75) is 32.4 Å². The van der Waals surface area contributed by atoms with Gasteiger partial charge in [0.25, 0.3) is 5.91 Å². The number of amides is 1. The second-order valence-corrected chi connectivity index (χ2v) is 9.44. The lowest BCUT2D eigenvalue weighted by Crippen LogP contribution is -2.41. The van der Waals surface area contributed by atoms with Crippen LogP contribution in [-0.2, 0) is 16.6 Å². The fourth-order valence-corrected chi connectivity index (χ4v) is 4.33. The fraction of sp³-hybridized carbons (Fsp3) is 0.474. The van der Waals surface area contributed by atoms with E-state index in [9.17, 15) is 13.2 Å². The summed E-state index contributed by atoms with van der Waals surface area (Å²) in [7, 11) is -3.17. The van der Waals surface area contributed by atoms with Gasteiger partial charge >= 0.3 is 0 Å². The Labute approximate surface area is 175 Å². The van der Waals surface area contributed by atoms with Crippen molar-refractivity contribution in [3.05, 3.63) is 47.0 Å². The minimum atomic E-state index is -3.17. The number of hydrogen-bond acceptors (Lipinski definition) is 5. The lowest BCUT2D eigenvalue weighted by molar-refractivity contribution is 0.0952. The summed E-state index contributed by atoms with van der Waals surface area (Å²) < 4.78 is 32.5. The van der Waals surface area contributed by atoms with Crippen LogP contribution >= 0.6 is 11.6 Å². The second-order valence-electron chi connectivity index (χ2n) is 7.05. The number of nitrogens with zero attached hydrogens (tertiary/aromatic N) is 3. The molecule has 1 saturated heterocycles. The van der Waals surface area contributed by atoms with Crippen molar-refractivity contribution < 1.29 is 17.9 Å². The molecule has 0 bridgehead atoms. The SMILES string of the molecule is Cc1nccn1CCNC(=O)c1ccc(OC2CCN(S(C)(=O)=O)CC2)c(Cl)c1. The first-order chi connectivity index (χ1) is 13.7. The minimum Gasteiger partial charge on any atom is -0.489 e. The lowest BCUT2D eigenvalue weighted by Gasteiger charge is -2.30. The Hall–Kier alpha value is -2.10. The summed E-state index contributed by atoms with van der Waals surface area (Å²) >= 11 is 6.31. The highest BCUT2D eigenvalue weighted by Crippen LogP contribution is 2.28. The average Bonchev–Trinajstić information content (AvgIpc) is 3.08. The molecule has 0 spiro atoms.